The Kier molecular flexibility index (Phi) is 5.02. The van der Waals surface area contributed by atoms with Crippen molar-refractivity contribution < 1.29 is 27.4 Å². The highest BCUT2D eigenvalue weighted by molar-refractivity contribution is 14.1. The minimum atomic E-state index is -4.92. The van der Waals surface area contributed by atoms with Crippen LogP contribution in [0.3, 0.4) is 0 Å². The molecule has 0 aromatic carbocycles. The molecule has 0 aliphatic rings. The zero-order valence-electron chi connectivity index (χ0n) is 8.85. The fourth-order valence-electron chi connectivity index (χ4n) is 1.07. The first-order valence-corrected chi connectivity index (χ1v) is 5.99. The van der Waals surface area contributed by atoms with Crippen LogP contribution >= 0.6 is 34.2 Å². The van der Waals surface area contributed by atoms with E-state index < -0.39 is 23.6 Å². The fourth-order valence-corrected chi connectivity index (χ4v) is 2.23. The highest BCUT2D eigenvalue weighted by Crippen LogP contribution is 2.33. The second kappa shape index (κ2) is 5.91. The first kappa shape index (κ1) is 15.3. The van der Waals surface area contributed by atoms with E-state index in [1.165, 1.54) is 0 Å². The zero-order valence-corrected chi connectivity index (χ0v) is 11.8. The molecule has 0 saturated heterocycles. The van der Waals surface area contributed by atoms with Crippen LogP contribution < -0.4 is 4.74 Å². The van der Waals surface area contributed by atoms with Gasteiger partial charge in [-0.15, -0.1) is 24.8 Å². The van der Waals surface area contributed by atoms with E-state index in [9.17, 15) is 18.0 Å². The molecule has 0 aliphatic carbocycles. The molecule has 0 amide bonds. The van der Waals surface area contributed by atoms with Gasteiger partial charge in [-0.25, -0.2) is 4.79 Å². The van der Waals surface area contributed by atoms with Crippen molar-refractivity contribution >= 4 is 40.2 Å². The molecule has 0 aliphatic heterocycles. The Bertz CT molecular complexity index is 467. The molecule has 0 radical (unpaired) electrons. The highest BCUT2D eigenvalue weighted by atomic mass is 127. The number of rotatable bonds is 3. The predicted octanol–water partition coefficient (Wildman–Crippen LogP) is 3.11. The topological polar surface area (TPSA) is 48.4 Å². The number of hydrogen-bond donors (Lipinski definition) is 0. The Morgan fingerprint density at radius 1 is 1.56 bits per heavy atom. The second-order valence-corrected chi connectivity index (χ2v) is 4.28. The maximum absolute atomic E-state index is 12.3. The van der Waals surface area contributed by atoms with Gasteiger partial charge >= 0.3 is 12.3 Å². The Hall–Kier alpha value is -0.770. The molecule has 0 spiro atoms. The van der Waals surface area contributed by atoms with E-state index in [1.807, 2.05) is 0 Å². The molecule has 0 unspecified atom stereocenters. The summed E-state index contributed by atoms with van der Waals surface area (Å²) < 4.78 is 45.0. The molecule has 1 rings (SSSR count). The lowest BCUT2D eigenvalue weighted by Gasteiger charge is -2.14. The van der Waals surface area contributed by atoms with Crippen LogP contribution in [0.25, 0.3) is 0 Å². The van der Waals surface area contributed by atoms with Crippen LogP contribution in [0.15, 0.2) is 6.20 Å². The van der Waals surface area contributed by atoms with Crippen molar-refractivity contribution in [1.29, 1.82) is 0 Å². The largest absolute Gasteiger partial charge is 0.573 e. The number of halogens is 5. The number of pyridine rings is 1. The van der Waals surface area contributed by atoms with E-state index in [4.69, 9.17) is 11.6 Å². The number of methoxy groups -OCH3 is 1. The van der Waals surface area contributed by atoms with Gasteiger partial charge < -0.3 is 9.47 Å². The first-order valence-electron chi connectivity index (χ1n) is 4.37. The lowest BCUT2D eigenvalue weighted by Crippen LogP contribution is -2.21. The molecule has 0 N–H and O–H groups in total. The van der Waals surface area contributed by atoms with E-state index in [0.29, 0.717) is 0 Å². The number of hydrogen-bond acceptors (Lipinski definition) is 4. The van der Waals surface area contributed by atoms with E-state index >= 15 is 0 Å². The summed E-state index contributed by atoms with van der Waals surface area (Å²) in [6, 6.07) is 0. The number of aromatic nitrogens is 1. The van der Waals surface area contributed by atoms with Crippen molar-refractivity contribution in [2.24, 2.45) is 0 Å². The molecule has 18 heavy (non-hydrogen) atoms. The first-order chi connectivity index (χ1) is 8.30. The quantitative estimate of drug-likeness (QED) is 0.448. The van der Waals surface area contributed by atoms with Gasteiger partial charge in [0.2, 0.25) is 0 Å². The molecule has 100 valence electrons. The molecule has 1 aromatic heterocycles. The number of esters is 1. The summed E-state index contributed by atoms with van der Waals surface area (Å²) in [5.41, 5.74) is -0.225. The van der Waals surface area contributed by atoms with Crippen molar-refractivity contribution in [3.05, 3.63) is 21.0 Å². The third-order valence-corrected chi connectivity index (χ3v) is 3.16. The lowest BCUT2D eigenvalue weighted by molar-refractivity contribution is -0.275. The third-order valence-electron chi connectivity index (χ3n) is 1.80. The minimum absolute atomic E-state index is 0.0165. The van der Waals surface area contributed by atoms with E-state index in [1.54, 1.807) is 22.6 Å². The normalized spacial score (nSPS) is 11.2. The van der Waals surface area contributed by atoms with E-state index in [0.717, 1.165) is 13.3 Å². The average Bonchev–Trinajstić information content (AvgIpc) is 2.29. The summed E-state index contributed by atoms with van der Waals surface area (Å²) in [5, 5.41) is 0. The van der Waals surface area contributed by atoms with Gasteiger partial charge in [0, 0.05) is 6.20 Å². The summed E-state index contributed by atoms with van der Waals surface area (Å²) in [4.78, 5) is 15.1. The molecule has 9 heteroatoms. The van der Waals surface area contributed by atoms with Crippen LogP contribution in [-0.2, 0) is 10.6 Å². The summed E-state index contributed by atoms with van der Waals surface area (Å²) in [6.45, 7) is 0. The van der Waals surface area contributed by atoms with Gasteiger partial charge in [-0.05, 0) is 22.6 Å². The molecular weight excluding hydrogens is 389 g/mol. The van der Waals surface area contributed by atoms with Gasteiger partial charge in [-0.2, -0.15) is 0 Å². The summed E-state index contributed by atoms with van der Waals surface area (Å²) in [7, 11) is 1.04. The highest BCUT2D eigenvalue weighted by Gasteiger charge is 2.35. The molecule has 0 atom stereocenters. The summed E-state index contributed by atoms with van der Waals surface area (Å²) >= 11 is 7.10. The molecule has 0 fully saturated rings. The Labute approximate surface area is 119 Å². The van der Waals surface area contributed by atoms with Gasteiger partial charge in [0.1, 0.15) is 5.56 Å². The van der Waals surface area contributed by atoms with Crippen molar-refractivity contribution in [1.82, 2.24) is 4.98 Å². The van der Waals surface area contributed by atoms with Crippen LogP contribution in [-0.4, -0.2) is 24.4 Å². The minimum Gasteiger partial charge on any atom is -0.465 e. The number of carbonyl (C=O) groups is 1. The van der Waals surface area contributed by atoms with Gasteiger partial charge in [0.15, 0.2) is 5.75 Å². The van der Waals surface area contributed by atoms with Gasteiger partial charge in [0.05, 0.1) is 22.3 Å². The Balaban J connectivity index is 3.35. The van der Waals surface area contributed by atoms with Gasteiger partial charge in [0.25, 0.3) is 0 Å². The van der Waals surface area contributed by atoms with Crippen LogP contribution in [0.4, 0.5) is 13.2 Å². The smallest absolute Gasteiger partial charge is 0.465 e. The van der Waals surface area contributed by atoms with E-state index in [2.05, 4.69) is 14.5 Å². The molecular formula is C9H6ClF3INO3. The van der Waals surface area contributed by atoms with Crippen molar-refractivity contribution in [2.75, 3.05) is 7.11 Å². The predicted molar refractivity (Wildman–Crippen MR) is 64.5 cm³/mol. The standard InChI is InChI=1S/C9H6ClF3INO3/c1-17-8(16)4-3-15-5(2-10)6(14)7(4)18-9(11,12)13/h3H,2H2,1H3. The Morgan fingerprint density at radius 2 is 2.17 bits per heavy atom. The third kappa shape index (κ3) is 3.61. The van der Waals surface area contributed by atoms with Gasteiger partial charge in [-0.3, -0.25) is 4.98 Å². The monoisotopic (exact) mass is 395 g/mol. The lowest BCUT2D eigenvalue weighted by atomic mass is 10.2. The van der Waals surface area contributed by atoms with Crippen molar-refractivity contribution in [2.45, 2.75) is 12.2 Å². The average molecular weight is 396 g/mol. The van der Waals surface area contributed by atoms with Crippen molar-refractivity contribution in [3.63, 3.8) is 0 Å². The van der Waals surface area contributed by atoms with Crippen LogP contribution in [0, 0.1) is 3.57 Å². The number of nitrogens with zero attached hydrogens (tertiary/aromatic N) is 1. The van der Waals surface area contributed by atoms with Crippen molar-refractivity contribution in [3.8, 4) is 5.75 Å². The molecule has 0 saturated carbocycles. The molecule has 4 nitrogen and oxygen atoms in total. The fraction of sp³-hybridized carbons (Fsp3) is 0.333. The maximum Gasteiger partial charge on any atom is 0.573 e. The zero-order chi connectivity index (χ0) is 13.9. The van der Waals surface area contributed by atoms with Crippen LogP contribution in [0.2, 0.25) is 0 Å². The maximum atomic E-state index is 12.3. The van der Waals surface area contributed by atoms with Gasteiger partial charge in [-0.1, -0.05) is 0 Å². The summed E-state index contributed by atoms with van der Waals surface area (Å²) in [6.07, 6.45) is -3.99. The molecule has 1 aromatic rings. The second-order valence-electron chi connectivity index (χ2n) is 2.93. The van der Waals surface area contributed by atoms with Crippen LogP contribution in [0.5, 0.6) is 5.75 Å². The Morgan fingerprint density at radius 3 is 2.61 bits per heavy atom. The SMILES string of the molecule is COC(=O)c1cnc(CCl)c(I)c1OC(F)(F)F. The molecule has 1 heterocycles. The number of carbonyl (C=O) groups excluding carboxylic acids is 1. The number of ether oxygens (including phenoxy) is 2. The van der Waals surface area contributed by atoms with E-state index in [-0.39, 0.29) is 15.1 Å². The number of alkyl halides is 4. The molecule has 0 bridgehead atoms. The summed E-state index contributed by atoms with van der Waals surface area (Å²) in [5.74, 6) is -1.73. The van der Waals surface area contributed by atoms with Crippen LogP contribution in [0.1, 0.15) is 16.1 Å².